The Morgan fingerprint density at radius 2 is 1.47 bits per heavy atom. The number of nitrogens with one attached hydrogen (secondary N) is 1. The number of anilines is 1. The van der Waals surface area contributed by atoms with E-state index >= 15 is 0 Å². The zero-order valence-electron chi connectivity index (χ0n) is 17.3. The van der Waals surface area contributed by atoms with Crippen LogP contribution in [0.15, 0.2) is 64.1 Å². The number of benzene rings is 2. The van der Waals surface area contributed by atoms with Gasteiger partial charge in [-0.15, -0.1) is 5.11 Å². The molecule has 1 amide bonds. The van der Waals surface area contributed by atoms with Crippen LogP contribution < -0.4 is 5.32 Å². The van der Waals surface area contributed by atoms with Gasteiger partial charge in [0, 0.05) is 5.69 Å². The van der Waals surface area contributed by atoms with E-state index in [1.165, 1.54) is 49.4 Å². The lowest BCUT2D eigenvalue weighted by atomic mass is 10.1. The van der Waals surface area contributed by atoms with Crippen molar-refractivity contribution in [3.63, 3.8) is 0 Å². The van der Waals surface area contributed by atoms with E-state index in [0.717, 1.165) is 14.2 Å². The number of aliphatic hydroxyl groups excluding tert-OH is 1. The first kappa shape index (κ1) is 23.7. The quantitative estimate of drug-likeness (QED) is 0.254. The average Bonchev–Trinajstić information content (AvgIpc) is 2.77. The van der Waals surface area contributed by atoms with Gasteiger partial charge in [0.25, 0.3) is 5.91 Å². The van der Waals surface area contributed by atoms with Crippen LogP contribution in [-0.4, -0.2) is 48.2 Å². The number of allylic oxidation sites excluding steroid dienone is 1. The Morgan fingerprint density at radius 1 is 0.875 bits per heavy atom. The number of nitrogens with zero attached hydrogens (tertiary/aromatic N) is 2. The molecule has 2 aromatic rings. The number of aromatic carboxylic acids is 1. The molecular weight excluding hydrogens is 422 g/mol. The fourth-order valence-corrected chi connectivity index (χ4v) is 2.45. The summed E-state index contributed by atoms with van der Waals surface area (Å²) in [5, 5.41) is 28.9. The number of methoxy groups -OCH3 is 2. The first-order chi connectivity index (χ1) is 15.2. The van der Waals surface area contributed by atoms with Gasteiger partial charge in [-0.3, -0.25) is 4.79 Å². The summed E-state index contributed by atoms with van der Waals surface area (Å²) in [6.07, 6.45) is 0. The molecule has 0 aliphatic heterocycles. The molecule has 3 N–H and O–H groups in total. The van der Waals surface area contributed by atoms with Crippen molar-refractivity contribution in [2.24, 2.45) is 10.2 Å². The molecule has 166 valence electrons. The van der Waals surface area contributed by atoms with E-state index < -0.39 is 35.3 Å². The number of carboxylic acid groups (broad SMARTS) is 1. The van der Waals surface area contributed by atoms with Gasteiger partial charge in [0.1, 0.15) is 5.76 Å². The van der Waals surface area contributed by atoms with Crippen LogP contribution in [0.4, 0.5) is 11.4 Å². The first-order valence-corrected chi connectivity index (χ1v) is 8.94. The molecule has 0 bridgehead atoms. The molecule has 0 spiro atoms. The van der Waals surface area contributed by atoms with Crippen molar-refractivity contribution in [3.8, 4) is 0 Å². The highest BCUT2D eigenvalue weighted by atomic mass is 16.5. The van der Waals surface area contributed by atoms with Gasteiger partial charge < -0.3 is 25.0 Å². The second-order valence-corrected chi connectivity index (χ2v) is 6.23. The van der Waals surface area contributed by atoms with Crippen molar-refractivity contribution < 1.29 is 38.9 Å². The standard InChI is InChI=1S/C21H19N3O8/c1-11(25)17(18(26)22-15-6-4-5-12(8-15)19(27)28)24-23-16-9-13(20(29)31-2)7-14(10-16)21(30)32-3/h4-10,25H,1-3H3,(H,22,26)(H,27,28). The molecule has 0 atom stereocenters. The summed E-state index contributed by atoms with van der Waals surface area (Å²) in [6.45, 7) is 1.20. The molecule has 11 nitrogen and oxygen atoms in total. The lowest BCUT2D eigenvalue weighted by Crippen LogP contribution is -2.15. The summed E-state index contributed by atoms with van der Waals surface area (Å²) >= 11 is 0. The number of carboxylic acids is 1. The average molecular weight is 441 g/mol. The van der Waals surface area contributed by atoms with Gasteiger partial charge in [-0.1, -0.05) is 6.07 Å². The van der Waals surface area contributed by atoms with Crippen molar-refractivity contribution in [2.45, 2.75) is 6.92 Å². The molecule has 0 aliphatic carbocycles. The molecule has 11 heteroatoms. The van der Waals surface area contributed by atoms with E-state index in [1.807, 2.05) is 0 Å². The summed E-state index contributed by atoms with van der Waals surface area (Å²) in [4.78, 5) is 47.3. The second kappa shape index (κ2) is 10.5. The SMILES string of the molecule is COC(=O)c1cc(N=NC(C(=O)Nc2cccc(C(=O)O)c2)=C(C)O)cc(C(=O)OC)c1. The van der Waals surface area contributed by atoms with Crippen molar-refractivity contribution in [3.05, 3.63) is 70.6 Å². The van der Waals surface area contributed by atoms with Gasteiger partial charge in [-0.05, 0) is 43.3 Å². The second-order valence-electron chi connectivity index (χ2n) is 6.23. The minimum Gasteiger partial charge on any atom is -0.510 e. The molecule has 0 aliphatic rings. The number of azo groups is 1. The Morgan fingerprint density at radius 3 is 1.97 bits per heavy atom. The van der Waals surface area contributed by atoms with Gasteiger partial charge in [0.15, 0.2) is 5.70 Å². The zero-order valence-corrected chi connectivity index (χ0v) is 17.3. The molecule has 0 saturated carbocycles. The summed E-state index contributed by atoms with van der Waals surface area (Å²) < 4.78 is 9.27. The predicted octanol–water partition coefficient (Wildman–Crippen LogP) is 3.47. The summed E-state index contributed by atoms with van der Waals surface area (Å²) in [7, 11) is 2.32. The zero-order chi connectivity index (χ0) is 23.8. The third-order valence-electron chi connectivity index (χ3n) is 3.95. The van der Waals surface area contributed by atoms with Crippen LogP contribution in [-0.2, 0) is 14.3 Å². The number of ether oxygens (including phenoxy) is 2. The lowest BCUT2D eigenvalue weighted by Gasteiger charge is -2.07. The van der Waals surface area contributed by atoms with Crippen LogP contribution in [0.25, 0.3) is 0 Å². The largest absolute Gasteiger partial charge is 0.510 e. The predicted molar refractivity (Wildman–Crippen MR) is 111 cm³/mol. The Labute approximate surface area is 182 Å². The van der Waals surface area contributed by atoms with E-state index in [2.05, 4.69) is 25.0 Å². The highest BCUT2D eigenvalue weighted by Crippen LogP contribution is 2.22. The number of hydrogen-bond acceptors (Lipinski definition) is 9. The van der Waals surface area contributed by atoms with Crippen molar-refractivity contribution in [2.75, 3.05) is 19.5 Å². The van der Waals surface area contributed by atoms with E-state index in [-0.39, 0.29) is 28.1 Å². The monoisotopic (exact) mass is 441 g/mol. The molecule has 32 heavy (non-hydrogen) atoms. The number of carbonyl (C=O) groups excluding carboxylic acids is 3. The lowest BCUT2D eigenvalue weighted by molar-refractivity contribution is -0.113. The van der Waals surface area contributed by atoms with Crippen molar-refractivity contribution in [1.29, 1.82) is 0 Å². The highest BCUT2D eigenvalue weighted by Gasteiger charge is 2.16. The maximum Gasteiger partial charge on any atom is 0.337 e. The number of esters is 2. The number of carbonyl (C=O) groups is 4. The molecule has 2 rings (SSSR count). The van der Waals surface area contributed by atoms with Gasteiger partial charge in [-0.2, -0.15) is 5.11 Å². The molecule has 0 fully saturated rings. The Bertz CT molecular complexity index is 1100. The van der Waals surface area contributed by atoms with E-state index in [9.17, 15) is 24.3 Å². The number of amides is 1. The van der Waals surface area contributed by atoms with E-state index in [0.29, 0.717) is 0 Å². The Balaban J connectivity index is 2.36. The van der Waals surface area contributed by atoms with Gasteiger partial charge >= 0.3 is 17.9 Å². The van der Waals surface area contributed by atoms with Crippen LogP contribution in [0, 0.1) is 0 Å². The summed E-state index contributed by atoms with van der Waals surface area (Å²) in [5.41, 5.74) is -0.382. The van der Waals surface area contributed by atoms with Crippen molar-refractivity contribution in [1.82, 2.24) is 0 Å². The smallest absolute Gasteiger partial charge is 0.337 e. The van der Waals surface area contributed by atoms with Gasteiger partial charge in [0.2, 0.25) is 0 Å². The molecular formula is C21H19N3O8. The topological polar surface area (TPSA) is 164 Å². The van der Waals surface area contributed by atoms with E-state index in [1.54, 1.807) is 0 Å². The highest BCUT2D eigenvalue weighted by molar-refractivity contribution is 6.04. The Kier molecular flexibility index (Phi) is 7.77. The van der Waals surface area contributed by atoms with Crippen molar-refractivity contribution >= 4 is 35.2 Å². The third kappa shape index (κ3) is 5.98. The maximum absolute atomic E-state index is 12.5. The van der Waals surface area contributed by atoms with Crippen LogP contribution >= 0.6 is 0 Å². The fraction of sp³-hybridized carbons (Fsp3) is 0.143. The van der Waals surface area contributed by atoms with Gasteiger partial charge in [-0.25, -0.2) is 14.4 Å². The molecule has 0 saturated heterocycles. The normalized spacial score (nSPS) is 11.5. The minimum absolute atomic E-state index is 0.00715. The summed E-state index contributed by atoms with van der Waals surface area (Å²) in [5.74, 6) is -4.00. The third-order valence-corrected chi connectivity index (χ3v) is 3.95. The maximum atomic E-state index is 12.5. The van der Waals surface area contributed by atoms with E-state index in [4.69, 9.17) is 5.11 Å². The van der Waals surface area contributed by atoms with Crippen LogP contribution in [0.1, 0.15) is 38.0 Å². The fourth-order valence-electron chi connectivity index (χ4n) is 2.45. The number of hydrogen-bond donors (Lipinski definition) is 3. The molecule has 0 heterocycles. The van der Waals surface area contributed by atoms with Gasteiger partial charge in [0.05, 0.1) is 36.6 Å². The minimum atomic E-state index is -1.18. The Hall–Kier alpha value is -4.54. The summed E-state index contributed by atoms with van der Waals surface area (Å²) in [6, 6.07) is 9.23. The number of aliphatic hydroxyl groups is 1. The molecule has 0 aromatic heterocycles. The molecule has 0 unspecified atom stereocenters. The number of rotatable bonds is 7. The van der Waals surface area contributed by atoms with Crippen LogP contribution in [0.3, 0.4) is 0 Å². The first-order valence-electron chi connectivity index (χ1n) is 8.94. The molecule has 0 radical (unpaired) electrons. The van der Waals surface area contributed by atoms with Crippen LogP contribution in [0.5, 0.6) is 0 Å². The van der Waals surface area contributed by atoms with Crippen LogP contribution in [0.2, 0.25) is 0 Å². The molecule has 2 aromatic carbocycles.